The molecule has 0 radical (unpaired) electrons. The average molecular weight is 330 g/mol. The minimum atomic E-state index is -3.48. The molecular weight excluding hydrogens is 308 g/mol. The molecule has 2 saturated heterocycles. The lowest BCUT2D eigenvalue weighted by Crippen LogP contribution is -2.48. The summed E-state index contributed by atoms with van der Waals surface area (Å²) in [5.41, 5.74) is 0. The van der Waals surface area contributed by atoms with Crippen molar-refractivity contribution in [1.29, 1.82) is 0 Å². The number of hydrogen-bond donors (Lipinski definition) is 1. The fourth-order valence-electron chi connectivity index (χ4n) is 4.10. The Hall–Kier alpha value is -1.43. The molecule has 0 saturated carbocycles. The van der Waals surface area contributed by atoms with Gasteiger partial charge in [-0.2, -0.15) is 4.31 Å². The lowest BCUT2D eigenvalue weighted by molar-refractivity contribution is 0.251. The molecule has 2 heterocycles. The van der Waals surface area contributed by atoms with E-state index in [2.05, 4.69) is 5.32 Å². The lowest BCUT2D eigenvalue weighted by Gasteiger charge is -2.35. The van der Waals surface area contributed by atoms with E-state index >= 15 is 0 Å². The van der Waals surface area contributed by atoms with E-state index in [0.29, 0.717) is 17.0 Å². The summed E-state index contributed by atoms with van der Waals surface area (Å²) in [6, 6.07) is 14.2. The minimum absolute atomic E-state index is 0.0951. The molecule has 0 aliphatic carbocycles. The molecule has 2 bridgehead atoms. The number of rotatable bonds is 3. The highest BCUT2D eigenvalue weighted by Crippen LogP contribution is 2.33. The molecule has 2 unspecified atom stereocenters. The van der Waals surface area contributed by atoms with Crippen LogP contribution in [-0.2, 0) is 10.0 Å². The predicted molar refractivity (Wildman–Crippen MR) is 91.9 cm³/mol. The van der Waals surface area contributed by atoms with Crippen molar-refractivity contribution in [3.05, 3.63) is 42.5 Å². The first-order chi connectivity index (χ1) is 11.1. The van der Waals surface area contributed by atoms with Gasteiger partial charge in [-0.3, -0.25) is 0 Å². The number of sulfonamides is 1. The highest BCUT2D eigenvalue weighted by Gasteiger charge is 2.39. The van der Waals surface area contributed by atoms with Crippen LogP contribution in [0.3, 0.4) is 0 Å². The van der Waals surface area contributed by atoms with Crippen molar-refractivity contribution in [3.8, 4) is 0 Å². The largest absolute Gasteiger partial charge is 0.311 e. The fourth-order valence-corrected chi connectivity index (χ4v) is 5.69. The van der Waals surface area contributed by atoms with Crippen LogP contribution in [0, 0.1) is 0 Å². The van der Waals surface area contributed by atoms with Gasteiger partial charge in [-0.1, -0.05) is 36.4 Å². The van der Waals surface area contributed by atoms with Gasteiger partial charge in [-0.15, -0.1) is 0 Å². The molecule has 122 valence electrons. The third-order valence-electron chi connectivity index (χ3n) is 5.37. The second kappa shape index (κ2) is 5.58. The summed E-state index contributed by atoms with van der Waals surface area (Å²) < 4.78 is 28.0. The number of benzene rings is 2. The maximum Gasteiger partial charge on any atom is 0.243 e. The smallest absolute Gasteiger partial charge is 0.243 e. The lowest BCUT2D eigenvalue weighted by atomic mass is 10.0. The van der Waals surface area contributed by atoms with E-state index < -0.39 is 10.0 Å². The topological polar surface area (TPSA) is 49.4 Å². The third kappa shape index (κ3) is 2.57. The predicted octanol–water partition coefficient (Wildman–Crippen LogP) is 2.74. The molecule has 0 amide bonds. The standard InChI is InChI=1S/C18H22N2O2S/c1-20(16-11-14-9-10-15(12-16)19-14)23(21,22)18-8-4-6-13-5-2-3-7-17(13)18/h2-8,14-16,19H,9-12H2,1H3. The third-order valence-corrected chi connectivity index (χ3v) is 7.34. The number of piperidine rings is 1. The molecule has 2 aliphatic rings. The van der Waals surface area contributed by atoms with Crippen LogP contribution >= 0.6 is 0 Å². The number of fused-ring (bicyclic) bond motifs is 3. The first kappa shape index (κ1) is 15.1. The summed E-state index contributed by atoms with van der Waals surface area (Å²) in [6.45, 7) is 0. The van der Waals surface area contributed by atoms with E-state index in [1.165, 1.54) is 12.8 Å². The Balaban J connectivity index is 1.71. The second-order valence-electron chi connectivity index (χ2n) is 6.76. The summed E-state index contributed by atoms with van der Waals surface area (Å²) >= 11 is 0. The van der Waals surface area contributed by atoms with Gasteiger partial charge in [-0.05, 0) is 37.1 Å². The van der Waals surface area contributed by atoms with Gasteiger partial charge in [0, 0.05) is 30.6 Å². The van der Waals surface area contributed by atoms with Crippen molar-refractivity contribution in [2.24, 2.45) is 0 Å². The zero-order valence-corrected chi connectivity index (χ0v) is 14.1. The number of nitrogens with zero attached hydrogens (tertiary/aromatic N) is 1. The van der Waals surface area contributed by atoms with Crippen LogP contribution in [0.5, 0.6) is 0 Å². The SMILES string of the molecule is CN(C1CC2CCC(C1)N2)S(=O)(=O)c1cccc2ccccc12. The molecule has 1 N–H and O–H groups in total. The summed E-state index contributed by atoms with van der Waals surface area (Å²) in [5.74, 6) is 0. The van der Waals surface area contributed by atoms with E-state index in [4.69, 9.17) is 0 Å². The van der Waals surface area contributed by atoms with Crippen molar-refractivity contribution < 1.29 is 8.42 Å². The fraction of sp³-hybridized carbons (Fsp3) is 0.444. The molecule has 5 heteroatoms. The van der Waals surface area contributed by atoms with Crippen molar-refractivity contribution in [1.82, 2.24) is 9.62 Å². The highest BCUT2D eigenvalue weighted by atomic mass is 32.2. The zero-order chi connectivity index (χ0) is 16.0. The van der Waals surface area contributed by atoms with Crippen LogP contribution in [0.15, 0.2) is 47.4 Å². The Kier molecular flexibility index (Phi) is 3.67. The van der Waals surface area contributed by atoms with Crippen LogP contribution in [0.2, 0.25) is 0 Å². The molecule has 2 aliphatic heterocycles. The van der Waals surface area contributed by atoms with Gasteiger partial charge in [-0.25, -0.2) is 8.42 Å². The molecule has 2 aromatic carbocycles. The van der Waals surface area contributed by atoms with Crippen LogP contribution in [0.4, 0.5) is 0 Å². The van der Waals surface area contributed by atoms with E-state index in [9.17, 15) is 8.42 Å². The second-order valence-corrected chi connectivity index (χ2v) is 8.73. The maximum absolute atomic E-state index is 13.2. The van der Waals surface area contributed by atoms with Gasteiger partial charge in [0.1, 0.15) is 0 Å². The molecule has 23 heavy (non-hydrogen) atoms. The minimum Gasteiger partial charge on any atom is -0.311 e. The van der Waals surface area contributed by atoms with E-state index in [1.807, 2.05) is 36.4 Å². The molecule has 0 spiro atoms. The monoisotopic (exact) mass is 330 g/mol. The van der Waals surface area contributed by atoms with Gasteiger partial charge in [0.25, 0.3) is 0 Å². The van der Waals surface area contributed by atoms with Crippen molar-refractivity contribution in [2.75, 3.05) is 7.05 Å². The summed E-state index contributed by atoms with van der Waals surface area (Å²) in [7, 11) is -1.74. The summed E-state index contributed by atoms with van der Waals surface area (Å²) in [4.78, 5) is 0.420. The summed E-state index contributed by atoms with van der Waals surface area (Å²) in [5, 5.41) is 5.34. The molecule has 2 atom stereocenters. The molecule has 2 aromatic rings. The van der Waals surface area contributed by atoms with E-state index in [1.54, 1.807) is 17.4 Å². The van der Waals surface area contributed by atoms with Crippen LogP contribution < -0.4 is 5.32 Å². The molecular formula is C18H22N2O2S. The van der Waals surface area contributed by atoms with Gasteiger partial charge in [0.05, 0.1) is 4.90 Å². The van der Waals surface area contributed by atoms with Crippen molar-refractivity contribution >= 4 is 20.8 Å². The normalized spacial score (nSPS) is 27.7. The molecule has 4 rings (SSSR count). The molecule has 2 fully saturated rings. The molecule has 4 nitrogen and oxygen atoms in total. The highest BCUT2D eigenvalue weighted by molar-refractivity contribution is 7.89. The van der Waals surface area contributed by atoms with E-state index in [0.717, 1.165) is 23.6 Å². The van der Waals surface area contributed by atoms with E-state index in [-0.39, 0.29) is 6.04 Å². The number of nitrogens with one attached hydrogen (secondary N) is 1. The Labute approximate surface area is 137 Å². The Morgan fingerprint density at radius 1 is 1.00 bits per heavy atom. The van der Waals surface area contributed by atoms with Gasteiger partial charge < -0.3 is 5.32 Å². The summed E-state index contributed by atoms with van der Waals surface area (Å²) in [6.07, 6.45) is 4.17. The Morgan fingerprint density at radius 3 is 2.39 bits per heavy atom. The van der Waals surface area contributed by atoms with Crippen LogP contribution in [0.1, 0.15) is 25.7 Å². The first-order valence-corrected chi connectivity index (χ1v) is 9.71. The maximum atomic E-state index is 13.2. The average Bonchev–Trinajstić information content (AvgIpc) is 2.91. The van der Waals surface area contributed by atoms with Crippen LogP contribution in [0.25, 0.3) is 10.8 Å². The quantitative estimate of drug-likeness (QED) is 0.941. The molecule has 0 aromatic heterocycles. The first-order valence-electron chi connectivity index (χ1n) is 8.27. The van der Waals surface area contributed by atoms with Crippen LogP contribution in [-0.4, -0.2) is 37.9 Å². The van der Waals surface area contributed by atoms with Crippen molar-refractivity contribution in [3.63, 3.8) is 0 Å². The van der Waals surface area contributed by atoms with Crippen molar-refractivity contribution in [2.45, 2.75) is 48.7 Å². The van der Waals surface area contributed by atoms with Gasteiger partial charge in [0.15, 0.2) is 0 Å². The Bertz CT molecular complexity index is 817. The van der Waals surface area contributed by atoms with Gasteiger partial charge in [0.2, 0.25) is 10.0 Å². The zero-order valence-electron chi connectivity index (χ0n) is 13.3. The van der Waals surface area contributed by atoms with Gasteiger partial charge >= 0.3 is 0 Å². The Morgan fingerprint density at radius 2 is 1.65 bits per heavy atom. The number of hydrogen-bond acceptors (Lipinski definition) is 3.